The predicted octanol–water partition coefficient (Wildman–Crippen LogP) is 3.89. The van der Waals surface area contributed by atoms with E-state index in [0.29, 0.717) is 6.42 Å². The normalized spacial score (nSPS) is 12.6. The minimum atomic E-state index is -0.657. The van der Waals surface area contributed by atoms with Crippen molar-refractivity contribution in [3.8, 4) is 0 Å². The van der Waals surface area contributed by atoms with Crippen molar-refractivity contribution in [3.63, 3.8) is 0 Å². The fourth-order valence-corrected chi connectivity index (χ4v) is 3.34. The summed E-state index contributed by atoms with van der Waals surface area (Å²) in [4.78, 5) is 24.3. The maximum Gasteiger partial charge on any atom is 0.312 e. The first-order valence-corrected chi connectivity index (χ1v) is 9.61. The van der Waals surface area contributed by atoms with Crippen LogP contribution in [-0.2, 0) is 11.2 Å². The number of hydrogen-bond acceptors (Lipinski definition) is 2. The zero-order valence-corrected chi connectivity index (χ0v) is 16.1. The first kappa shape index (κ1) is 20.1. The van der Waals surface area contributed by atoms with Crippen molar-refractivity contribution in [3.05, 3.63) is 108 Å². The van der Waals surface area contributed by atoms with Crippen LogP contribution in [0.1, 0.15) is 35.2 Å². The van der Waals surface area contributed by atoms with Crippen molar-refractivity contribution >= 4 is 11.9 Å². The zero-order chi connectivity index (χ0) is 20.5. The predicted molar refractivity (Wildman–Crippen MR) is 114 cm³/mol. The maximum atomic E-state index is 12.9. The van der Waals surface area contributed by atoms with Crippen LogP contribution in [-0.4, -0.2) is 11.9 Å². The zero-order valence-electron chi connectivity index (χ0n) is 16.1. The smallest absolute Gasteiger partial charge is 0.312 e. The summed E-state index contributed by atoms with van der Waals surface area (Å²) in [5.41, 5.74) is 8.32. The average molecular weight is 387 g/mol. The van der Waals surface area contributed by atoms with Gasteiger partial charge in [-0.3, -0.25) is 4.79 Å². The maximum absolute atomic E-state index is 12.9. The number of rotatable bonds is 8. The summed E-state index contributed by atoms with van der Waals surface area (Å²) in [5, 5.41) is 5.79. The number of hydrogen-bond donors (Lipinski definition) is 3. The van der Waals surface area contributed by atoms with Gasteiger partial charge in [0.2, 0.25) is 5.91 Å². The van der Waals surface area contributed by atoms with E-state index >= 15 is 0 Å². The fraction of sp³-hybridized carbons (Fsp3) is 0.167. The summed E-state index contributed by atoms with van der Waals surface area (Å²) in [7, 11) is 0. The molecule has 0 aromatic heterocycles. The third kappa shape index (κ3) is 6.21. The van der Waals surface area contributed by atoms with Gasteiger partial charge in [0, 0.05) is 0 Å². The molecule has 0 radical (unpaired) electrons. The molecule has 29 heavy (non-hydrogen) atoms. The van der Waals surface area contributed by atoms with Gasteiger partial charge >= 0.3 is 6.03 Å². The monoisotopic (exact) mass is 387 g/mol. The van der Waals surface area contributed by atoms with Crippen LogP contribution in [0.3, 0.4) is 0 Å². The highest BCUT2D eigenvalue weighted by Crippen LogP contribution is 2.21. The number of urea groups is 1. The molecule has 0 heterocycles. The molecule has 0 aliphatic carbocycles. The van der Waals surface area contributed by atoms with E-state index < -0.39 is 12.1 Å². The van der Waals surface area contributed by atoms with Gasteiger partial charge in [-0.1, -0.05) is 91.0 Å². The van der Waals surface area contributed by atoms with E-state index in [9.17, 15) is 9.59 Å². The molecule has 0 spiro atoms. The largest absolute Gasteiger partial charge is 0.352 e. The van der Waals surface area contributed by atoms with Crippen molar-refractivity contribution in [2.45, 2.75) is 24.9 Å². The van der Waals surface area contributed by atoms with Crippen molar-refractivity contribution in [1.82, 2.24) is 10.6 Å². The van der Waals surface area contributed by atoms with Crippen LogP contribution >= 0.6 is 0 Å². The van der Waals surface area contributed by atoms with E-state index in [4.69, 9.17) is 5.73 Å². The Morgan fingerprint density at radius 2 is 1.17 bits per heavy atom. The number of carbonyl (C=O) groups excluding carboxylic acids is 2. The summed E-state index contributed by atoms with van der Waals surface area (Å²) in [5.74, 6) is -0.155. The lowest BCUT2D eigenvalue weighted by Gasteiger charge is -2.22. The van der Waals surface area contributed by atoms with Gasteiger partial charge in [-0.25, -0.2) is 4.79 Å². The molecular formula is C24H25N3O2. The lowest BCUT2D eigenvalue weighted by Crippen LogP contribution is -2.38. The summed E-state index contributed by atoms with van der Waals surface area (Å²) in [6.45, 7) is 0. The van der Waals surface area contributed by atoms with Gasteiger partial charge in [0.25, 0.3) is 0 Å². The number of carbonyl (C=O) groups is 2. The van der Waals surface area contributed by atoms with Gasteiger partial charge in [-0.15, -0.1) is 0 Å². The topological polar surface area (TPSA) is 84.2 Å². The molecule has 5 nitrogen and oxygen atoms in total. The SMILES string of the molecule is NC(=O)N[C@@H](CC(=O)N[C@H](Cc1ccccc1)c1ccccc1)c1ccccc1. The molecule has 0 saturated carbocycles. The Hall–Kier alpha value is -3.60. The van der Waals surface area contributed by atoms with Gasteiger partial charge in [0.1, 0.15) is 0 Å². The van der Waals surface area contributed by atoms with E-state index in [1.807, 2.05) is 91.0 Å². The third-order valence-corrected chi connectivity index (χ3v) is 4.73. The van der Waals surface area contributed by atoms with E-state index in [1.54, 1.807) is 0 Å². The van der Waals surface area contributed by atoms with E-state index in [-0.39, 0.29) is 18.4 Å². The molecule has 3 aromatic carbocycles. The van der Waals surface area contributed by atoms with E-state index in [2.05, 4.69) is 10.6 Å². The fourth-order valence-electron chi connectivity index (χ4n) is 3.34. The Labute approximate surface area is 170 Å². The van der Waals surface area contributed by atoms with Crippen LogP contribution in [0.4, 0.5) is 4.79 Å². The first-order chi connectivity index (χ1) is 14.1. The molecule has 0 aliphatic rings. The second kappa shape index (κ2) is 10.1. The Kier molecular flexibility index (Phi) is 7.00. The van der Waals surface area contributed by atoms with E-state index in [1.165, 1.54) is 0 Å². The van der Waals surface area contributed by atoms with Crippen molar-refractivity contribution in [2.24, 2.45) is 5.73 Å². The molecular weight excluding hydrogens is 362 g/mol. The Morgan fingerprint density at radius 3 is 1.69 bits per heavy atom. The number of amides is 3. The summed E-state index contributed by atoms with van der Waals surface area (Å²) < 4.78 is 0. The van der Waals surface area contributed by atoms with Crippen LogP contribution < -0.4 is 16.4 Å². The molecule has 0 fully saturated rings. The molecule has 148 valence electrons. The standard InChI is InChI=1S/C24H25N3O2/c25-24(29)27-22(20-14-8-3-9-15-20)17-23(28)26-21(19-12-6-2-7-13-19)16-18-10-4-1-5-11-18/h1-15,21-22H,16-17H2,(H,26,28)(H3,25,27,29)/t21-,22+/m1/s1. The number of nitrogens with two attached hydrogens (primary N) is 1. The lowest BCUT2D eigenvalue weighted by atomic mass is 9.98. The molecule has 2 atom stereocenters. The van der Waals surface area contributed by atoms with Gasteiger partial charge < -0.3 is 16.4 Å². The van der Waals surface area contributed by atoms with Crippen LogP contribution in [0, 0.1) is 0 Å². The molecule has 0 aliphatic heterocycles. The third-order valence-electron chi connectivity index (χ3n) is 4.73. The molecule has 3 amide bonds. The number of nitrogens with one attached hydrogen (secondary N) is 2. The van der Waals surface area contributed by atoms with Gasteiger partial charge in [0.05, 0.1) is 18.5 Å². The summed E-state index contributed by atoms with van der Waals surface area (Å²) >= 11 is 0. The minimum absolute atomic E-state index is 0.102. The van der Waals surface area contributed by atoms with Crippen molar-refractivity contribution < 1.29 is 9.59 Å². The van der Waals surface area contributed by atoms with Crippen LogP contribution in [0.2, 0.25) is 0 Å². The Morgan fingerprint density at radius 1 is 0.690 bits per heavy atom. The molecule has 0 bridgehead atoms. The second-order valence-electron chi connectivity index (χ2n) is 6.90. The average Bonchev–Trinajstić information content (AvgIpc) is 2.74. The molecule has 0 saturated heterocycles. The molecule has 3 rings (SSSR count). The number of primary amides is 1. The second-order valence-corrected chi connectivity index (χ2v) is 6.90. The van der Waals surface area contributed by atoms with E-state index in [0.717, 1.165) is 16.7 Å². The molecule has 3 aromatic rings. The van der Waals surface area contributed by atoms with Crippen LogP contribution in [0.15, 0.2) is 91.0 Å². The highest BCUT2D eigenvalue weighted by molar-refractivity contribution is 5.79. The Balaban J connectivity index is 1.75. The lowest BCUT2D eigenvalue weighted by molar-refractivity contribution is -0.122. The van der Waals surface area contributed by atoms with Gasteiger partial charge in [-0.05, 0) is 23.1 Å². The quantitative estimate of drug-likeness (QED) is 0.548. The Bertz CT molecular complexity index is 915. The molecule has 5 heteroatoms. The van der Waals surface area contributed by atoms with Crippen molar-refractivity contribution in [2.75, 3.05) is 0 Å². The van der Waals surface area contributed by atoms with Crippen molar-refractivity contribution in [1.29, 1.82) is 0 Å². The summed E-state index contributed by atoms with van der Waals surface area (Å²) in [6.07, 6.45) is 0.779. The van der Waals surface area contributed by atoms with Crippen LogP contribution in [0.25, 0.3) is 0 Å². The van der Waals surface area contributed by atoms with Crippen LogP contribution in [0.5, 0.6) is 0 Å². The van der Waals surface area contributed by atoms with Gasteiger partial charge in [0.15, 0.2) is 0 Å². The summed E-state index contributed by atoms with van der Waals surface area (Å²) in [6, 6.07) is 28.0. The minimum Gasteiger partial charge on any atom is -0.352 e. The van der Waals surface area contributed by atoms with Gasteiger partial charge in [-0.2, -0.15) is 0 Å². The molecule has 0 unspecified atom stereocenters. The highest BCUT2D eigenvalue weighted by atomic mass is 16.2. The molecule has 4 N–H and O–H groups in total. The number of benzene rings is 3. The first-order valence-electron chi connectivity index (χ1n) is 9.61. The highest BCUT2D eigenvalue weighted by Gasteiger charge is 2.20.